The Morgan fingerprint density at radius 1 is 1.24 bits per heavy atom. The van der Waals surface area contributed by atoms with Gasteiger partial charge in [-0.15, -0.1) is 17.8 Å². The number of thiazole rings is 1. The highest BCUT2D eigenvalue weighted by Gasteiger charge is 2.01. The SMILES string of the molecule is C#CCOc1ccc(CCNC(=NC)NCCc2csc(C)n2)cc1. The molecule has 0 saturated heterocycles. The second kappa shape index (κ2) is 10.4. The van der Waals surface area contributed by atoms with E-state index in [0.29, 0.717) is 6.61 Å². The summed E-state index contributed by atoms with van der Waals surface area (Å²) < 4.78 is 5.37. The van der Waals surface area contributed by atoms with Crippen molar-refractivity contribution in [1.82, 2.24) is 15.6 Å². The normalized spacial score (nSPS) is 11.0. The van der Waals surface area contributed by atoms with Gasteiger partial charge >= 0.3 is 0 Å². The van der Waals surface area contributed by atoms with E-state index in [1.54, 1.807) is 18.4 Å². The summed E-state index contributed by atoms with van der Waals surface area (Å²) in [4.78, 5) is 8.70. The first kappa shape index (κ1) is 18.8. The minimum absolute atomic E-state index is 0.295. The third-order valence-electron chi connectivity index (χ3n) is 3.52. The van der Waals surface area contributed by atoms with Crippen LogP contribution in [-0.2, 0) is 12.8 Å². The molecule has 1 heterocycles. The van der Waals surface area contributed by atoms with Crippen molar-refractivity contribution in [3.8, 4) is 18.1 Å². The Hall–Kier alpha value is -2.52. The van der Waals surface area contributed by atoms with Crippen molar-refractivity contribution in [2.45, 2.75) is 19.8 Å². The zero-order valence-electron chi connectivity index (χ0n) is 14.7. The van der Waals surface area contributed by atoms with Crippen LogP contribution < -0.4 is 15.4 Å². The Morgan fingerprint density at radius 2 is 1.96 bits per heavy atom. The molecule has 1 aromatic heterocycles. The van der Waals surface area contributed by atoms with Crippen LogP contribution in [0, 0.1) is 19.3 Å². The maximum absolute atomic E-state index is 5.37. The summed E-state index contributed by atoms with van der Waals surface area (Å²) in [6.45, 7) is 3.93. The maximum atomic E-state index is 5.37. The Kier molecular flexibility index (Phi) is 7.80. The van der Waals surface area contributed by atoms with Crippen molar-refractivity contribution < 1.29 is 4.74 Å². The lowest BCUT2D eigenvalue weighted by atomic mass is 10.1. The Balaban J connectivity index is 1.67. The van der Waals surface area contributed by atoms with Gasteiger partial charge in [-0.3, -0.25) is 4.99 Å². The van der Waals surface area contributed by atoms with E-state index in [0.717, 1.165) is 48.3 Å². The molecule has 0 aliphatic carbocycles. The standard InChI is InChI=1S/C19H24N4OS/c1-4-13-24-18-7-5-16(6-8-18)9-11-21-19(20-3)22-12-10-17-14-25-15(2)23-17/h1,5-8,14H,9-13H2,2-3H3,(H2,20,21,22). The molecule has 1 aromatic carbocycles. The van der Waals surface area contributed by atoms with Crippen LogP contribution in [0.1, 0.15) is 16.3 Å². The molecule has 2 aromatic rings. The Morgan fingerprint density at radius 3 is 2.56 bits per heavy atom. The molecule has 6 heteroatoms. The highest BCUT2D eigenvalue weighted by atomic mass is 32.1. The van der Waals surface area contributed by atoms with Crippen LogP contribution in [0.15, 0.2) is 34.6 Å². The van der Waals surface area contributed by atoms with E-state index < -0.39 is 0 Å². The minimum atomic E-state index is 0.295. The average molecular weight is 356 g/mol. The van der Waals surface area contributed by atoms with Crippen molar-refractivity contribution >= 4 is 17.3 Å². The Bertz CT molecular complexity index is 716. The van der Waals surface area contributed by atoms with Crippen LogP contribution in [0.5, 0.6) is 5.75 Å². The molecule has 0 bridgehead atoms. The predicted octanol–water partition coefficient (Wildman–Crippen LogP) is 2.41. The number of aliphatic imine (C=N–C) groups is 1. The van der Waals surface area contributed by atoms with Gasteiger partial charge < -0.3 is 15.4 Å². The second-order valence-corrected chi connectivity index (χ2v) is 6.48. The lowest BCUT2D eigenvalue weighted by molar-refractivity contribution is 0.370. The monoisotopic (exact) mass is 356 g/mol. The smallest absolute Gasteiger partial charge is 0.190 e. The third kappa shape index (κ3) is 6.86. The number of aromatic nitrogens is 1. The van der Waals surface area contributed by atoms with Crippen molar-refractivity contribution in [2.24, 2.45) is 4.99 Å². The summed E-state index contributed by atoms with van der Waals surface area (Å²) in [6, 6.07) is 7.98. The van der Waals surface area contributed by atoms with E-state index in [1.807, 2.05) is 31.2 Å². The van der Waals surface area contributed by atoms with Gasteiger partial charge in [0.15, 0.2) is 5.96 Å². The van der Waals surface area contributed by atoms with Crippen LogP contribution in [-0.4, -0.2) is 37.7 Å². The number of terminal acetylenes is 1. The van der Waals surface area contributed by atoms with E-state index in [4.69, 9.17) is 11.2 Å². The molecule has 0 aliphatic rings. The zero-order valence-corrected chi connectivity index (χ0v) is 15.5. The summed E-state index contributed by atoms with van der Waals surface area (Å²) in [6.07, 6.45) is 6.98. The topological polar surface area (TPSA) is 58.5 Å². The van der Waals surface area contributed by atoms with Gasteiger partial charge in [-0.25, -0.2) is 4.98 Å². The first-order chi connectivity index (χ1) is 12.2. The van der Waals surface area contributed by atoms with Gasteiger partial charge in [0.2, 0.25) is 0 Å². The van der Waals surface area contributed by atoms with Crippen LogP contribution in [0.25, 0.3) is 0 Å². The fraction of sp³-hybridized carbons (Fsp3) is 0.368. The zero-order chi connectivity index (χ0) is 17.9. The van der Waals surface area contributed by atoms with Gasteiger partial charge in [-0.1, -0.05) is 18.1 Å². The molecule has 0 atom stereocenters. The quantitative estimate of drug-likeness (QED) is 0.433. The van der Waals surface area contributed by atoms with E-state index in [-0.39, 0.29) is 0 Å². The molecule has 0 unspecified atom stereocenters. The number of hydrogen-bond acceptors (Lipinski definition) is 4. The highest BCUT2D eigenvalue weighted by Crippen LogP contribution is 2.12. The van der Waals surface area contributed by atoms with E-state index in [9.17, 15) is 0 Å². The molecule has 2 rings (SSSR count). The second-order valence-electron chi connectivity index (χ2n) is 5.42. The summed E-state index contributed by atoms with van der Waals surface area (Å²) in [7, 11) is 1.78. The number of nitrogens with zero attached hydrogens (tertiary/aromatic N) is 2. The van der Waals surface area contributed by atoms with Gasteiger partial charge in [0.05, 0.1) is 10.7 Å². The van der Waals surface area contributed by atoms with Crippen LogP contribution >= 0.6 is 11.3 Å². The predicted molar refractivity (Wildman–Crippen MR) is 104 cm³/mol. The first-order valence-electron chi connectivity index (χ1n) is 8.22. The Labute approximate surface area is 153 Å². The van der Waals surface area contributed by atoms with Crippen LogP contribution in [0.2, 0.25) is 0 Å². The molecule has 2 N–H and O–H groups in total. The van der Waals surface area contributed by atoms with Crippen molar-refractivity contribution in [1.29, 1.82) is 0 Å². The number of hydrogen-bond donors (Lipinski definition) is 2. The number of guanidine groups is 1. The van der Waals surface area contributed by atoms with E-state index in [1.165, 1.54) is 5.56 Å². The third-order valence-corrected chi connectivity index (χ3v) is 4.34. The summed E-state index contributed by atoms with van der Waals surface area (Å²) in [5.41, 5.74) is 2.35. The van der Waals surface area contributed by atoms with E-state index >= 15 is 0 Å². The van der Waals surface area contributed by atoms with Crippen molar-refractivity contribution in [3.63, 3.8) is 0 Å². The van der Waals surface area contributed by atoms with Gasteiger partial charge in [-0.05, 0) is 31.0 Å². The molecule has 0 aliphatic heterocycles. The molecule has 132 valence electrons. The van der Waals surface area contributed by atoms with Crippen LogP contribution in [0.3, 0.4) is 0 Å². The fourth-order valence-corrected chi connectivity index (χ4v) is 2.90. The minimum Gasteiger partial charge on any atom is -0.481 e. The summed E-state index contributed by atoms with van der Waals surface area (Å²) >= 11 is 1.68. The number of ether oxygens (including phenoxy) is 1. The van der Waals surface area contributed by atoms with Crippen molar-refractivity contribution in [3.05, 3.63) is 45.9 Å². The molecule has 0 spiro atoms. The molecular weight excluding hydrogens is 332 g/mol. The highest BCUT2D eigenvalue weighted by molar-refractivity contribution is 7.09. The van der Waals surface area contributed by atoms with Gasteiger partial charge in [0, 0.05) is 31.9 Å². The van der Waals surface area contributed by atoms with Gasteiger partial charge in [0.1, 0.15) is 12.4 Å². The molecule has 25 heavy (non-hydrogen) atoms. The molecule has 0 saturated carbocycles. The lowest BCUT2D eigenvalue weighted by Crippen LogP contribution is -2.39. The van der Waals surface area contributed by atoms with Crippen LogP contribution in [0.4, 0.5) is 0 Å². The number of nitrogens with one attached hydrogen (secondary N) is 2. The summed E-state index contributed by atoms with van der Waals surface area (Å²) in [5.74, 6) is 4.06. The maximum Gasteiger partial charge on any atom is 0.190 e. The molecule has 0 amide bonds. The molecular formula is C19H24N4OS. The first-order valence-corrected chi connectivity index (χ1v) is 9.10. The molecule has 0 radical (unpaired) electrons. The number of rotatable bonds is 8. The van der Waals surface area contributed by atoms with Gasteiger partial charge in [-0.2, -0.15) is 0 Å². The largest absolute Gasteiger partial charge is 0.481 e. The van der Waals surface area contributed by atoms with Crippen molar-refractivity contribution in [2.75, 3.05) is 26.7 Å². The lowest BCUT2D eigenvalue weighted by Gasteiger charge is -2.11. The molecule has 5 nitrogen and oxygen atoms in total. The average Bonchev–Trinajstić information content (AvgIpc) is 3.05. The van der Waals surface area contributed by atoms with Gasteiger partial charge in [0.25, 0.3) is 0 Å². The molecule has 0 fully saturated rings. The number of aryl methyl sites for hydroxylation is 1. The number of benzene rings is 1. The summed E-state index contributed by atoms with van der Waals surface area (Å²) in [5, 5.41) is 9.84. The van der Waals surface area contributed by atoms with E-state index in [2.05, 4.69) is 31.9 Å². The fourth-order valence-electron chi connectivity index (χ4n) is 2.26.